The zero-order valence-corrected chi connectivity index (χ0v) is 16.8. The summed E-state index contributed by atoms with van der Waals surface area (Å²) in [5, 5.41) is 10.5. The molecule has 3 rings (SSSR count). The van der Waals surface area contributed by atoms with E-state index >= 15 is 0 Å². The van der Waals surface area contributed by atoms with Gasteiger partial charge in [-0.05, 0) is 40.9 Å². The molecule has 3 heterocycles. The number of carbonyl (C=O) groups excluding carboxylic acids is 1. The number of aromatic nitrogens is 3. The van der Waals surface area contributed by atoms with Crippen LogP contribution in [0.4, 0.5) is 0 Å². The second-order valence-electron chi connectivity index (χ2n) is 5.84. The van der Waals surface area contributed by atoms with Crippen LogP contribution in [0, 0.1) is 5.92 Å². The number of hydrogen-bond acceptors (Lipinski definition) is 6. The van der Waals surface area contributed by atoms with E-state index in [1.807, 2.05) is 0 Å². The first-order valence-corrected chi connectivity index (χ1v) is 10.8. The zero-order valence-electron chi connectivity index (χ0n) is 13.6. The third kappa shape index (κ3) is 4.10. The highest BCUT2D eigenvalue weighted by Gasteiger charge is 2.34. The summed E-state index contributed by atoms with van der Waals surface area (Å²) in [7, 11) is -1.76. The third-order valence-electron chi connectivity index (χ3n) is 4.12. The molecule has 2 aromatic rings. The molecule has 1 atom stereocenters. The molecular formula is C14H18BrN5O3S2. The van der Waals surface area contributed by atoms with Gasteiger partial charge in [-0.3, -0.25) is 4.79 Å². The second kappa shape index (κ2) is 7.52. The number of carbonyl (C=O) groups is 1. The van der Waals surface area contributed by atoms with Crippen molar-refractivity contribution in [3.05, 3.63) is 28.1 Å². The highest BCUT2D eigenvalue weighted by atomic mass is 79.9. The van der Waals surface area contributed by atoms with Gasteiger partial charge in [0.25, 0.3) is 10.0 Å². The first-order chi connectivity index (χ1) is 11.9. The fourth-order valence-corrected chi connectivity index (χ4v) is 6.40. The molecule has 8 nitrogen and oxygen atoms in total. The van der Waals surface area contributed by atoms with E-state index in [0.717, 1.165) is 3.79 Å². The van der Waals surface area contributed by atoms with E-state index < -0.39 is 10.0 Å². The second-order valence-corrected chi connectivity index (χ2v) is 10.5. The van der Waals surface area contributed by atoms with Gasteiger partial charge >= 0.3 is 0 Å². The molecule has 1 N–H and O–H groups in total. The standard InChI is InChI=1S/C14H18BrN5O3S2/c1-19-9-17-18-12(19)7-16-14(21)10-3-2-6-20(8-10)25(22,23)13-5-4-11(15)24-13/h4-5,9-10H,2-3,6-8H2,1H3,(H,16,21). The van der Waals surface area contributed by atoms with Gasteiger partial charge in [0.05, 0.1) is 16.2 Å². The minimum Gasteiger partial charge on any atom is -0.349 e. The number of rotatable bonds is 5. The fraction of sp³-hybridized carbons (Fsp3) is 0.500. The molecule has 1 unspecified atom stereocenters. The van der Waals surface area contributed by atoms with Crippen LogP contribution in [0.5, 0.6) is 0 Å². The lowest BCUT2D eigenvalue weighted by Gasteiger charge is -2.30. The Hall–Kier alpha value is -1.30. The van der Waals surface area contributed by atoms with Gasteiger partial charge in [0, 0.05) is 20.1 Å². The first-order valence-electron chi connectivity index (χ1n) is 7.74. The number of aryl methyl sites for hydroxylation is 1. The van der Waals surface area contributed by atoms with Gasteiger partial charge in [-0.15, -0.1) is 21.5 Å². The summed E-state index contributed by atoms with van der Waals surface area (Å²) in [5.41, 5.74) is 0. The molecule has 0 saturated carbocycles. The van der Waals surface area contributed by atoms with Crippen molar-refractivity contribution in [2.24, 2.45) is 13.0 Å². The number of piperidine rings is 1. The maximum atomic E-state index is 12.7. The summed E-state index contributed by atoms with van der Waals surface area (Å²) < 4.78 is 29.6. The predicted molar refractivity (Wildman–Crippen MR) is 96.4 cm³/mol. The third-order valence-corrected chi connectivity index (χ3v) is 8.08. The van der Waals surface area contributed by atoms with Crippen LogP contribution in [0.15, 0.2) is 26.5 Å². The first kappa shape index (κ1) is 18.5. The minimum atomic E-state index is -3.56. The Kier molecular flexibility index (Phi) is 5.56. The average molecular weight is 448 g/mol. The van der Waals surface area contributed by atoms with E-state index in [2.05, 4.69) is 31.4 Å². The lowest BCUT2D eigenvalue weighted by Crippen LogP contribution is -2.45. The lowest BCUT2D eigenvalue weighted by atomic mass is 9.99. The highest BCUT2D eigenvalue weighted by molar-refractivity contribution is 9.11. The maximum Gasteiger partial charge on any atom is 0.252 e. The van der Waals surface area contributed by atoms with Crippen molar-refractivity contribution < 1.29 is 13.2 Å². The van der Waals surface area contributed by atoms with E-state index in [0.29, 0.717) is 29.4 Å². The Morgan fingerprint density at radius 1 is 1.48 bits per heavy atom. The topological polar surface area (TPSA) is 97.2 Å². The van der Waals surface area contributed by atoms with Gasteiger partial charge in [0.1, 0.15) is 10.5 Å². The summed E-state index contributed by atoms with van der Waals surface area (Å²) in [6.45, 7) is 0.907. The normalized spacial score (nSPS) is 19.0. The maximum absolute atomic E-state index is 12.7. The monoisotopic (exact) mass is 447 g/mol. The molecule has 0 bridgehead atoms. The average Bonchev–Trinajstić information content (AvgIpc) is 3.21. The van der Waals surface area contributed by atoms with Crippen molar-refractivity contribution in [3.8, 4) is 0 Å². The molecule has 25 heavy (non-hydrogen) atoms. The van der Waals surface area contributed by atoms with Gasteiger partial charge in [0.2, 0.25) is 5.91 Å². The Morgan fingerprint density at radius 2 is 2.28 bits per heavy atom. The van der Waals surface area contributed by atoms with E-state index in [4.69, 9.17) is 0 Å². The van der Waals surface area contributed by atoms with E-state index in [1.54, 1.807) is 30.1 Å². The molecular weight excluding hydrogens is 430 g/mol. The number of halogens is 1. The van der Waals surface area contributed by atoms with Crippen LogP contribution in [-0.2, 0) is 28.4 Å². The van der Waals surface area contributed by atoms with Crippen LogP contribution >= 0.6 is 27.3 Å². The summed E-state index contributed by atoms with van der Waals surface area (Å²) in [4.78, 5) is 12.4. The molecule has 11 heteroatoms. The van der Waals surface area contributed by atoms with Crippen molar-refractivity contribution in [3.63, 3.8) is 0 Å². The largest absolute Gasteiger partial charge is 0.349 e. The molecule has 0 radical (unpaired) electrons. The van der Waals surface area contributed by atoms with Crippen molar-refractivity contribution in [1.82, 2.24) is 24.4 Å². The van der Waals surface area contributed by atoms with Crippen LogP contribution in [0.2, 0.25) is 0 Å². The lowest BCUT2D eigenvalue weighted by molar-refractivity contribution is -0.126. The van der Waals surface area contributed by atoms with Crippen LogP contribution in [-0.4, -0.2) is 46.5 Å². The quantitative estimate of drug-likeness (QED) is 0.745. The van der Waals surface area contributed by atoms with E-state index in [-0.39, 0.29) is 24.9 Å². The Morgan fingerprint density at radius 3 is 2.92 bits per heavy atom. The molecule has 1 saturated heterocycles. The number of nitrogens with one attached hydrogen (secondary N) is 1. The molecule has 1 aliphatic heterocycles. The molecule has 2 aromatic heterocycles. The van der Waals surface area contributed by atoms with Gasteiger partial charge in [0.15, 0.2) is 5.82 Å². The van der Waals surface area contributed by atoms with E-state index in [1.165, 1.54) is 15.6 Å². The number of thiophene rings is 1. The zero-order chi connectivity index (χ0) is 18.0. The molecule has 0 spiro atoms. The Bertz CT molecular complexity index is 863. The summed E-state index contributed by atoms with van der Waals surface area (Å²) in [5.74, 6) is 0.132. The van der Waals surface area contributed by atoms with E-state index in [9.17, 15) is 13.2 Å². The molecule has 1 amide bonds. The smallest absolute Gasteiger partial charge is 0.252 e. The van der Waals surface area contributed by atoms with Gasteiger partial charge in [-0.1, -0.05) is 0 Å². The SMILES string of the molecule is Cn1cnnc1CNC(=O)C1CCCN(S(=O)(=O)c2ccc(Br)s2)C1. The number of nitrogens with zero attached hydrogens (tertiary/aromatic N) is 4. The minimum absolute atomic E-state index is 0.157. The van der Waals surface area contributed by atoms with Gasteiger partial charge in [-0.2, -0.15) is 4.31 Å². The van der Waals surface area contributed by atoms with Crippen LogP contribution in [0.1, 0.15) is 18.7 Å². The summed E-state index contributed by atoms with van der Waals surface area (Å²) in [6, 6.07) is 3.30. The molecule has 136 valence electrons. The van der Waals surface area contributed by atoms with Crippen molar-refractivity contribution in [2.75, 3.05) is 13.1 Å². The van der Waals surface area contributed by atoms with Crippen LogP contribution in [0.3, 0.4) is 0 Å². The predicted octanol–water partition coefficient (Wildman–Crippen LogP) is 1.36. The number of sulfonamides is 1. The molecule has 0 aromatic carbocycles. The Labute approximate surface area is 158 Å². The fourth-order valence-electron chi connectivity index (χ4n) is 2.72. The summed E-state index contributed by atoms with van der Waals surface area (Å²) >= 11 is 4.46. The summed E-state index contributed by atoms with van der Waals surface area (Å²) in [6.07, 6.45) is 2.90. The number of hydrogen-bond donors (Lipinski definition) is 1. The van der Waals surface area contributed by atoms with Gasteiger partial charge in [-0.25, -0.2) is 8.42 Å². The van der Waals surface area contributed by atoms with Crippen molar-refractivity contribution in [2.45, 2.75) is 23.6 Å². The molecule has 0 aliphatic carbocycles. The molecule has 1 fully saturated rings. The van der Waals surface area contributed by atoms with Crippen LogP contribution < -0.4 is 5.32 Å². The Balaban J connectivity index is 1.64. The highest BCUT2D eigenvalue weighted by Crippen LogP contribution is 2.30. The number of amides is 1. The van der Waals surface area contributed by atoms with Crippen molar-refractivity contribution >= 4 is 43.2 Å². The van der Waals surface area contributed by atoms with Gasteiger partial charge < -0.3 is 9.88 Å². The van der Waals surface area contributed by atoms with Crippen molar-refractivity contribution in [1.29, 1.82) is 0 Å². The molecule has 1 aliphatic rings. The van der Waals surface area contributed by atoms with Crippen LogP contribution in [0.25, 0.3) is 0 Å².